The quantitative estimate of drug-likeness (QED) is 0.774. The van der Waals surface area contributed by atoms with Gasteiger partial charge >= 0.3 is 0 Å². The van der Waals surface area contributed by atoms with Gasteiger partial charge in [0.15, 0.2) is 0 Å². The lowest BCUT2D eigenvalue weighted by molar-refractivity contribution is 0.0549. The van der Waals surface area contributed by atoms with E-state index in [0.717, 1.165) is 30.9 Å². The lowest BCUT2D eigenvalue weighted by atomic mass is 10.0. The van der Waals surface area contributed by atoms with Gasteiger partial charge in [0.25, 0.3) is 0 Å². The molecule has 14 heavy (non-hydrogen) atoms. The predicted molar refractivity (Wildman–Crippen MR) is 61.9 cm³/mol. The molecule has 2 atom stereocenters. The summed E-state index contributed by atoms with van der Waals surface area (Å²) in [7, 11) is 0. The van der Waals surface area contributed by atoms with Gasteiger partial charge in [0.05, 0.1) is 6.61 Å². The molecular weight excluding hydrogens is 194 g/mol. The van der Waals surface area contributed by atoms with Gasteiger partial charge in [-0.15, -0.1) is 0 Å². The Kier molecular flexibility index (Phi) is 4.61. The molecule has 2 heterocycles. The fourth-order valence-electron chi connectivity index (χ4n) is 2.22. The average Bonchev–Trinajstić information content (AvgIpc) is 2.72. The van der Waals surface area contributed by atoms with Crippen molar-refractivity contribution >= 4 is 11.8 Å². The third-order valence-corrected chi connectivity index (χ3v) is 4.48. The van der Waals surface area contributed by atoms with Crippen molar-refractivity contribution in [3.63, 3.8) is 0 Å². The van der Waals surface area contributed by atoms with E-state index in [4.69, 9.17) is 4.74 Å². The second kappa shape index (κ2) is 5.99. The van der Waals surface area contributed by atoms with Crippen LogP contribution >= 0.6 is 11.8 Å². The molecule has 0 radical (unpaired) electrons. The molecule has 0 spiro atoms. The maximum Gasteiger partial charge on any atom is 0.0506 e. The summed E-state index contributed by atoms with van der Waals surface area (Å²) < 4.78 is 5.46. The first kappa shape index (κ1) is 10.8. The van der Waals surface area contributed by atoms with Gasteiger partial charge in [0.2, 0.25) is 0 Å². The van der Waals surface area contributed by atoms with E-state index in [0.29, 0.717) is 0 Å². The van der Waals surface area contributed by atoms with Crippen molar-refractivity contribution in [3.05, 3.63) is 0 Å². The van der Waals surface area contributed by atoms with Crippen LogP contribution in [0.2, 0.25) is 0 Å². The predicted octanol–water partition coefficient (Wildman–Crippen LogP) is 1.90. The normalized spacial score (nSPS) is 33.4. The Hall–Kier alpha value is 0.270. The minimum atomic E-state index is 0.773. The number of hydrogen-bond acceptors (Lipinski definition) is 3. The van der Waals surface area contributed by atoms with Crippen LogP contribution in [0, 0.1) is 5.92 Å². The first-order valence-corrected chi connectivity index (χ1v) is 6.90. The highest BCUT2D eigenvalue weighted by atomic mass is 32.2. The van der Waals surface area contributed by atoms with E-state index in [1.54, 1.807) is 0 Å². The maximum absolute atomic E-state index is 5.46. The second-order valence-corrected chi connectivity index (χ2v) is 5.78. The van der Waals surface area contributed by atoms with Gasteiger partial charge in [0, 0.05) is 24.9 Å². The van der Waals surface area contributed by atoms with E-state index in [1.807, 2.05) is 0 Å². The Morgan fingerprint density at radius 2 is 2.21 bits per heavy atom. The molecule has 2 unspecified atom stereocenters. The summed E-state index contributed by atoms with van der Waals surface area (Å²) in [5.74, 6) is 2.15. The minimum absolute atomic E-state index is 0.773. The number of thioether (sulfide) groups is 1. The number of nitrogens with one attached hydrogen (secondary N) is 1. The van der Waals surface area contributed by atoms with Gasteiger partial charge in [-0.05, 0) is 37.4 Å². The Morgan fingerprint density at radius 1 is 1.21 bits per heavy atom. The maximum atomic E-state index is 5.46. The van der Waals surface area contributed by atoms with Crippen LogP contribution in [0.15, 0.2) is 0 Å². The van der Waals surface area contributed by atoms with Crippen LogP contribution in [0.25, 0.3) is 0 Å². The molecule has 0 aromatic rings. The van der Waals surface area contributed by atoms with Crippen LogP contribution in [0.4, 0.5) is 0 Å². The van der Waals surface area contributed by atoms with Gasteiger partial charge in [-0.2, -0.15) is 11.8 Å². The van der Waals surface area contributed by atoms with Crippen molar-refractivity contribution in [2.45, 2.75) is 30.9 Å². The Labute approximate surface area is 91.2 Å². The largest absolute Gasteiger partial charge is 0.381 e. The zero-order valence-electron chi connectivity index (χ0n) is 8.84. The molecule has 2 nitrogen and oxygen atoms in total. The van der Waals surface area contributed by atoms with Crippen LogP contribution in [-0.4, -0.2) is 37.3 Å². The van der Waals surface area contributed by atoms with Crippen molar-refractivity contribution in [2.24, 2.45) is 5.92 Å². The zero-order valence-corrected chi connectivity index (χ0v) is 9.65. The smallest absolute Gasteiger partial charge is 0.0506 e. The first-order chi connectivity index (χ1) is 6.95. The fraction of sp³-hybridized carbons (Fsp3) is 1.00. The van der Waals surface area contributed by atoms with Crippen LogP contribution in [0.5, 0.6) is 0 Å². The summed E-state index contributed by atoms with van der Waals surface area (Å²) in [5.41, 5.74) is 0. The third-order valence-electron chi connectivity index (χ3n) is 3.08. The van der Waals surface area contributed by atoms with E-state index in [1.165, 1.54) is 38.0 Å². The molecule has 0 amide bonds. The number of rotatable bonds is 4. The number of ether oxygens (including phenoxy) is 1. The SMILES string of the molecule is C1COCC(CNCC2CCCS2)C1. The molecule has 3 heteroatoms. The van der Waals surface area contributed by atoms with E-state index < -0.39 is 0 Å². The molecule has 0 saturated carbocycles. The fourth-order valence-corrected chi connectivity index (χ4v) is 3.46. The van der Waals surface area contributed by atoms with Gasteiger partial charge in [-0.25, -0.2) is 0 Å². The van der Waals surface area contributed by atoms with E-state index in [9.17, 15) is 0 Å². The van der Waals surface area contributed by atoms with Crippen LogP contribution < -0.4 is 5.32 Å². The zero-order chi connectivity index (χ0) is 9.64. The van der Waals surface area contributed by atoms with Gasteiger partial charge in [0.1, 0.15) is 0 Å². The second-order valence-electron chi connectivity index (χ2n) is 4.38. The molecule has 2 aliphatic rings. The molecule has 2 fully saturated rings. The van der Waals surface area contributed by atoms with Crippen molar-refractivity contribution in [1.82, 2.24) is 5.32 Å². The van der Waals surface area contributed by atoms with Gasteiger partial charge < -0.3 is 10.1 Å². The Bertz CT molecular complexity index is 153. The van der Waals surface area contributed by atoms with Gasteiger partial charge in [-0.3, -0.25) is 0 Å². The van der Waals surface area contributed by atoms with Crippen LogP contribution in [0.3, 0.4) is 0 Å². The van der Waals surface area contributed by atoms with Crippen LogP contribution in [-0.2, 0) is 4.74 Å². The third kappa shape index (κ3) is 3.44. The highest BCUT2D eigenvalue weighted by molar-refractivity contribution is 8.00. The Balaban J connectivity index is 1.52. The highest BCUT2D eigenvalue weighted by Crippen LogP contribution is 2.25. The molecule has 82 valence electrons. The first-order valence-electron chi connectivity index (χ1n) is 5.85. The van der Waals surface area contributed by atoms with Gasteiger partial charge in [-0.1, -0.05) is 0 Å². The molecule has 2 aliphatic heterocycles. The molecule has 2 rings (SSSR count). The summed E-state index contributed by atoms with van der Waals surface area (Å²) in [4.78, 5) is 0. The minimum Gasteiger partial charge on any atom is -0.381 e. The lowest BCUT2D eigenvalue weighted by Crippen LogP contribution is -2.32. The average molecular weight is 215 g/mol. The Morgan fingerprint density at radius 3 is 2.93 bits per heavy atom. The molecule has 0 aliphatic carbocycles. The lowest BCUT2D eigenvalue weighted by Gasteiger charge is -2.22. The van der Waals surface area contributed by atoms with E-state index >= 15 is 0 Å². The molecule has 0 bridgehead atoms. The van der Waals surface area contributed by atoms with E-state index in [2.05, 4.69) is 17.1 Å². The molecule has 0 aromatic heterocycles. The highest BCUT2D eigenvalue weighted by Gasteiger charge is 2.17. The molecule has 0 aromatic carbocycles. The summed E-state index contributed by atoms with van der Waals surface area (Å²) in [6, 6.07) is 0. The number of hydrogen-bond donors (Lipinski definition) is 1. The van der Waals surface area contributed by atoms with Crippen LogP contribution in [0.1, 0.15) is 25.7 Å². The van der Waals surface area contributed by atoms with Crippen molar-refractivity contribution in [2.75, 3.05) is 32.1 Å². The van der Waals surface area contributed by atoms with Crippen molar-refractivity contribution < 1.29 is 4.74 Å². The topological polar surface area (TPSA) is 21.3 Å². The molecular formula is C11H21NOS. The molecule has 2 saturated heterocycles. The van der Waals surface area contributed by atoms with Crippen molar-refractivity contribution in [1.29, 1.82) is 0 Å². The monoisotopic (exact) mass is 215 g/mol. The molecule has 1 N–H and O–H groups in total. The van der Waals surface area contributed by atoms with Crippen molar-refractivity contribution in [3.8, 4) is 0 Å². The summed E-state index contributed by atoms with van der Waals surface area (Å²) >= 11 is 2.14. The van der Waals surface area contributed by atoms with E-state index in [-0.39, 0.29) is 0 Å². The summed E-state index contributed by atoms with van der Waals surface area (Å²) in [6.45, 7) is 4.33. The summed E-state index contributed by atoms with van der Waals surface area (Å²) in [5, 5.41) is 4.48. The summed E-state index contributed by atoms with van der Waals surface area (Å²) in [6.07, 6.45) is 5.44. The standard InChI is InChI=1S/C11H21NOS/c1-3-10(9-13-5-1)7-12-8-11-4-2-6-14-11/h10-12H,1-9H2.